The Hall–Kier alpha value is -1.57. The molecule has 8 heteroatoms. The number of aliphatic carboxylic acids is 1. The number of aryl methyl sites for hydroxylation is 1. The molecule has 0 amide bonds. The van der Waals surface area contributed by atoms with Crippen LogP contribution in [0.2, 0.25) is 0 Å². The van der Waals surface area contributed by atoms with Crippen LogP contribution in [0.15, 0.2) is 10.6 Å². The molecule has 18 heavy (non-hydrogen) atoms. The number of halogens is 3. The molecular weight excluding hydrogens is 253 g/mol. The Morgan fingerprint density at radius 2 is 2.22 bits per heavy atom. The van der Waals surface area contributed by atoms with Gasteiger partial charge in [0.05, 0.1) is 12.2 Å². The molecule has 0 aliphatic rings. The number of carbonyl (C=O) groups is 1. The van der Waals surface area contributed by atoms with Crippen molar-refractivity contribution < 1.29 is 27.5 Å². The van der Waals surface area contributed by atoms with Crippen LogP contribution in [0, 0.1) is 12.8 Å². The first-order valence-corrected chi connectivity index (χ1v) is 5.17. The third kappa shape index (κ3) is 3.73. The van der Waals surface area contributed by atoms with Gasteiger partial charge in [-0.1, -0.05) is 0 Å². The van der Waals surface area contributed by atoms with Crippen molar-refractivity contribution in [1.82, 2.24) is 10.3 Å². The quantitative estimate of drug-likeness (QED) is 0.851. The van der Waals surface area contributed by atoms with Crippen LogP contribution in [-0.4, -0.2) is 28.8 Å². The number of alkyl halides is 3. The van der Waals surface area contributed by atoms with E-state index in [-0.39, 0.29) is 5.89 Å². The van der Waals surface area contributed by atoms with Crippen LogP contribution >= 0.6 is 0 Å². The summed E-state index contributed by atoms with van der Waals surface area (Å²) in [4.78, 5) is 14.3. The average Bonchev–Trinajstić information content (AvgIpc) is 2.62. The summed E-state index contributed by atoms with van der Waals surface area (Å²) in [5.74, 6) is -3.61. The largest absolute Gasteiger partial charge is 0.481 e. The highest BCUT2D eigenvalue weighted by Gasteiger charge is 2.45. The van der Waals surface area contributed by atoms with Crippen LogP contribution in [0.1, 0.15) is 24.6 Å². The Morgan fingerprint density at radius 3 is 2.61 bits per heavy atom. The molecule has 2 atom stereocenters. The SMILES string of the molecule is Cc1cnc(C(C)NCC(C(=O)O)C(F)(F)F)o1. The highest BCUT2D eigenvalue weighted by Crippen LogP contribution is 2.26. The first-order valence-electron chi connectivity index (χ1n) is 5.17. The van der Waals surface area contributed by atoms with E-state index < -0.39 is 30.7 Å². The molecule has 0 saturated heterocycles. The van der Waals surface area contributed by atoms with Crippen molar-refractivity contribution in [3.05, 3.63) is 17.8 Å². The summed E-state index contributed by atoms with van der Waals surface area (Å²) < 4.78 is 42.2. The van der Waals surface area contributed by atoms with Crippen LogP contribution in [0.25, 0.3) is 0 Å². The summed E-state index contributed by atoms with van der Waals surface area (Å²) in [6.45, 7) is 2.46. The van der Waals surface area contributed by atoms with E-state index in [0.29, 0.717) is 5.76 Å². The zero-order chi connectivity index (χ0) is 13.9. The van der Waals surface area contributed by atoms with Crippen molar-refractivity contribution in [2.75, 3.05) is 6.54 Å². The van der Waals surface area contributed by atoms with Crippen molar-refractivity contribution in [2.45, 2.75) is 26.1 Å². The van der Waals surface area contributed by atoms with Crippen LogP contribution in [0.5, 0.6) is 0 Å². The molecular formula is C10H13F3N2O3. The second kappa shape index (κ2) is 5.38. The Morgan fingerprint density at radius 1 is 1.61 bits per heavy atom. The van der Waals surface area contributed by atoms with E-state index in [0.717, 1.165) is 0 Å². The molecule has 0 aliphatic heterocycles. The molecule has 1 aromatic heterocycles. The predicted octanol–water partition coefficient (Wildman–Crippen LogP) is 1.90. The fraction of sp³-hybridized carbons (Fsp3) is 0.600. The van der Waals surface area contributed by atoms with E-state index >= 15 is 0 Å². The molecule has 0 radical (unpaired) electrons. The lowest BCUT2D eigenvalue weighted by molar-refractivity contribution is -0.192. The van der Waals surface area contributed by atoms with Crippen molar-refractivity contribution in [2.24, 2.45) is 5.92 Å². The maximum atomic E-state index is 12.4. The normalized spacial score (nSPS) is 15.4. The Labute approximate surface area is 101 Å². The van der Waals surface area contributed by atoms with Gasteiger partial charge in [-0.15, -0.1) is 0 Å². The molecule has 5 nitrogen and oxygen atoms in total. The number of oxazole rings is 1. The second-order valence-electron chi connectivity index (χ2n) is 3.87. The lowest BCUT2D eigenvalue weighted by Gasteiger charge is -2.18. The molecule has 0 bridgehead atoms. The summed E-state index contributed by atoms with van der Waals surface area (Å²) in [7, 11) is 0. The minimum atomic E-state index is -4.79. The summed E-state index contributed by atoms with van der Waals surface area (Å²) in [6.07, 6.45) is -3.35. The van der Waals surface area contributed by atoms with Gasteiger partial charge < -0.3 is 14.8 Å². The first kappa shape index (κ1) is 14.5. The summed E-state index contributed by atoms with van der Waals surface area (Å²) in [6, 6.07) is -0.595. The standard InChI is InChI=1S/C10H13F3N2O3/c1-5-3-15-8(18-5)6(2)14-4-7(9(16)17)10(11,12)13/h3,6-7,14H,4H2,1-2H3,(H,16,17). The van der Waals surface area contributed by atoms with E-state index in [1.807, 2.05) is 0 Å². The number of nitrogens with one attached hydrogen (secondary N) is 1. The van der Waals surface area contributed by atoms with E-state index in [1.165, 1.54) is 6.20 Å². The van der Waals surface area contributed by atoms with E-state index in [9.17, 15) is 18.0 Å². The minimum Gasteiger partial charge on any atom is -0.481 e. The van der Waals surface area contributed by atoms with Crippen LogP contribution in [0.3, 0.4) is 0 Å². The van der Waals surface area contributed by atoms with E-state index in [4.69, 9.17) is 9.52 Å². The van der Waals surface area contributed by atoms with Gasteiger partial charge in [0.25, 0.3) is 0 Å². The lowest BCUT2D eigenvalue weighted by Crippen LogP contribution is -2.39. The minimum absolute atomic E-state index is 0.221. The summed E-state index contributed by atoms with van der Waals surface area (Å²) in [5, 5.41) is 10.9. The highest BCUT2D eigenvalue weighted by molar-refractivity contribution is 5.71. The van der Waals surface area contributed by atoms with Crippen LogP contribution in [0.4, 0.5) is 13.2 Å². The van der Waals surface area contributed by atoms with Crippen molar-refractivity contribution >= 4 is 5.97 Å². The summed E-state index contributed by atoms with van der Waals surface area (Å²) >= 11 is 0. The Balaban J connectivity index is 2.60. The third-order valence-corrected chi connectivity index (χ3v) is 2.33. The zero-order valence-electron chi connectivity index (χ0n) is 9.78. The maximum absolute atomic E-state index is 12.4. The number of nitrogens with zero attached hydrogens (tertiary/aromatic N) is 1. The first-order chi connectivity index (χ1) is 8.21. The maximum Gasteiger partial charge on any atom is 0.403 e. The molecule has 0 aromatic carbocycles. The third-order valence-electron chi connectivity index (χ3n) is 2.33. The number of hydrogen-bond donors (Lipinski definition) is 2. The molecule has 0 spiro atoms. The van der Waals surface area contributed by atoms with E-state index in [1.54, 1.807) is 13.8 Å². The monoisotopic (exact) mass is 266 g/mol. The number of carboxylic acid groups (broad SMARTS) is 1. The van der Waals surface area contributed by atoms with Crippen LogP contribution < -0.4 is 5.32 Å². The van der Waals surface area contributed by atoms with Crippen molar-refractivity contribution in [1.29, 1.82) is 0 Å². The van der Waals surface area contributed by atoms with Crippen LogP contribution in [-0.2, 0) is 4.79 Å². The molecule has 0 fully saturated rings. The van der Waals surface area contributed by atoms with Gasteiger partial charge in [-0.05, 0) is 13.8 Å². The Kier molecular flexibility index (Phi) is 4.33. The topological polar surface area (TPSA) is 75.4 Å². The number of aromatic nitrogens is 1. The van der Waals surface area contributed by atoms with E-state index in [2.05, 4.69) is 10.3 Å². The van der Waals surface area contributed by atoms with Crippen molar-refractivity contribution in [3.8, 4) is 0 Å². The molecule has 1 heterocycles. The molecule has 2 N–H and O–H groups in total. The van der Waals surface area contributed by atoms with Gasteiger partial charge in [0.2, 0.25) is 5.89 Å². The molecule has 102 valence electrons. The van der Waals surface area contributed by atoms with Crippen molar-refractivity contribution in [3.63, 3.8) is 0 Å². The fourth-order valence-corrected chi connectivity index (χ4v) is 1.30. The predicted molar refractivity (Wildman–Crippen MR) is 54.8 cm³/mol. The highest BCUT2D eigenvalue weighted by atomic mass is 19.4. The van der Waals surface area contributed by atoms with Gasteiger partial charge in [-0.3, -0.25) is 4.79 Å². The van der Waals surface area contributed by atoms with Gasteiger partial charge in [0.15, 0.2) is 5.92 Å². The van der Waals surface area contributed by atoms with Gasteiger partial charge in [0.1, 0.15) is 5.76 Å². The number of hydrogen-bond acceptors (Lipinski definition) is 4. The van der Waals surface area contributed by atoms with Gasteiger partial charge in [0, 0.05) is 6.54 Å². The number of carboxylic acids is 1. The molecule has 1 rings (SSSR count). The summed E-state index contributed by atoms with van der Waals surface area (Å²) in [5.41, 5.74) is 0. The second-order valence-corrected chi connectivity index (χ2v) is 3.87. The molecule has 2 unspecified atom stereocenters. The number of rotatable bonds is 5. The van der Waals surface area contributed by atoms with Gasteiger partial charge in [-0.2, -0.15) is 13.2 Å². The molecule has 1 aromatic rings. The Bertz CT molecular complexity index is 417. The average molecular weight is 266 g/mol. The zero-order valence-corrected chi connectivity index (χ0v) is 9.78. The molecule has 0 aliphatic carbocycles. The van der Waals surface area contributed by atoms with Gasteiger partial charge in [-0.25, -0.2) is 4.98 Å². The van der Waals surface area contributed by atoms with Gasteiger partial charge >= 0.3 is 12.1 Å². The fourth-order valence-electron chi connectivity index (χ4n) is 1.30. The molecule has 0 saturated carbocycles. The lowest BCUT2D eigenvalue weighted by atomic mass is 10.1. The smallest absolute Gasteiger partial charge is 0.403 e.